The number of nitrogens with zero attached hydrogens (tertiary/aromatic N) is 1. The fraction of sp³-hybridized carbons (Fsp3) is 0.111. The lowest BCUT2D eigenvalue weighted by Crippen LogP contribution is -2.14. The average Bonchev–Trinajstić information content (AvgIpc) is 3.10. The van der Waals surface area contributed by atoms with Crippen LogP contribution in [0.5, 0.6) is 5.75 Å². The molecule has 146 valence electrons. The van der Waals surface area contributed by atoms with Gasteiger partial charge in [-0.05, 0) is 48.9 Å². The predicted molar refractivity (Wildman–Crippen MR) is 109 cm³/mol. The normalized spacial score (nSPS) is 11.1. The number of sulfonamides is 1. The largest absolute Gasteiger partial charge is 0.495 e. The number of ether oxygens (including phenoxy) is 1. The fourth-order valence-corrected chi connectivity index (χ4v) is 3.61. The topological polar surface area (TPSA) is 123 Å². The molecule has 0 bridgehead atoms. The molecule has 10 heteroatoms. The molecule has 0 unspecified atom stereocenters. The van der Waals surface area contributed by atoms with Gasteiger partial charge >= 0.3 is 0 Å². The summed E-state index contributed by atoms with van der Waals surface area (Å²) in [7, 11) is -2.20. The van der Waals surface area contributed by atoms with E-state index in [0.717, 1.165) is 11.3 Å². The number of methoxy groups -OCH3 is 1. The molecule has 1 amide bonds. The van der Waals surface area contributed by atoms with Gasteiger partial charge in [-0.3, -0.25) is 4.79 Å². The second-order valence-corrected chi connectivity index (χ2v) is 8.31. The van der Waals surface area contributed by atoms with Gasteiger partial charge in [0.1, 0.15) is 11.4 Å². The van der Waals surface area contributed by atoms with Gasteiger partial charge in [-0.1, -0.05) is 6.07 Å². The number of aryl methyl sites for hydroxylation is 1. The minimum absolute atomic E-state index is 0.0299. The van der Waals surface area contributed by atoms with Crippen LogP contribution in [0.2, 0.25) is 0 Å². The number of amides is 1. The fourth-order valence-electron chi connectivity index (χ4n) is 2.39. The smallest absolute Gasteiger partial charge is 0.275 e. The molecule has 2 aromatic carbocycles. The van der Waals surface area contributed by atoms with Crippen molar-refractivity contribution in [3.8, 4) is 5.75 Å². The van der Waals surface area contributed by atoms with E-state index in [1.54, 1.807) is 12.5 Å². The van der Waals surface area contributed by atoms with E-state index in [0.29, 0.717) is 16.6 Å². The third kappa shape index (κ3) is 4.66. The lowest BCUT2D eigenvalue weighted by Gasteiger charge is -2.09. The van der Waals surface area contributed by atoms with Gasteiger partial charge in [-0.25, -0.2) is 18.5 Å². The van der Waals surface area contributed by atoms with Gasteiger partial charge in [-0.15, -0.1) is 11.3 Å². The van der Waals surface area contributed by atoms with Crippen molar-refractivity contribution < 1.29 is 17.9 Å². The van der Waals surface area contributed by atoms with Gasteiger partial charge < -0.3 is 15.4 Å². The molecule has 4 N–H and O–H groups in total. The Kier molecular flexibility index (Phi) is 5.63. The van der Waals surface area contributed by atoms with Crippen LogP contribution in [0.15, 0.2) is 52.7 Å². The van der Waals surface area contributed by atoms with Gasteiger partial charge in [-0.2, -0.15) is 0 Å². The van der Waals surface area contributed by atoms with Crippen molar-refractivity contribution >= 4 is 43.8 Å². The lowest BCUT2D eigenvalue weighted by atomic mass is 10.2. The number of nitrogens with two attached hydrogens (primary N) is 1. The molecule has 3 aromatic rings. The summed E-state index contributed by atoms with van der Waals surface area (Å²) in [6.45, 7) is 1.96. The zero-order chi connectivity index (χ0) is 20.3. The molecule has 0 fully saturated rings. The number of hydrogen-bond acceptors (Lipinski definition) is 7. The number of thiazole rings is 1. The number of primary sulfonamides is 1. The summed E-state index contributed by atoms with van der Waals surface area (Å²) in [6, 6.07) is 11.3. The van der Waals surface area contributed by atoms with E-state index in [9.17, 15) is 13.2 Å². The summed E-state index contributed by atoms with van der Waals surface area (Å²) in [5.41, 5.74) is 2.47. The predicted octanol–water partition coefficient (Wildman–Crippen LogP) is 3.10. The Hall–Kier alpha value is -2.95. The van der Waals surface area contributed by atoms with Crippen LogP contribution in [-0.4, -0.2) is 26.4 Å². The minimum Gasteiger partial charge on any atom is -0.495 e. The maximum absolute atomic E-state index is 12.4. The first-order valence-corrected chi connectivity index (χ1v) is 10.5. The highest BCUT2D eigenvalue weighted by Crippen LogP contribution is 2.30. The van der Waals surface area contributed by atoms with Gasteiger partial charge in [0.25, 0.3) is 5.91 Å². The van der Waals surface area contributed by atoms with E-state index in [-0.39, 0.29) is 10.6 Å². The Balaban J connectivity index is 1.71. The summed E-state index contributed by atoms with van der Waals surface area (Å²) >= 11 is 1.28. The van der Waals surface area contributed by atoms with Crippen molar-refractivity contribution in [3.63, 3.8) is 0 Å². The first kappa shape index (κ1) is 19.8. The maximum atomic E-state index is 12.4. The number of hydrogen-bond donors (Lipinski definition) is 3. The first-order chi connectivity index (χ1) is 13.3. The molecule has 0 aliphatic rings. The van der Waals surface area contributed by atoms with Gasteiger partial charge in [0, 0.05) is 11.1 Å². The average molecular weight is 419 g/mol. The Morgan fingerprint density at radius 3 is 2.54 bits per heavy atom. The Morgan fingerprint density at radius 2 is 1.89 bits per heavy atom. The summed E-state index contributed by atoms with van der Waals surface area (Å²) in [5.74, 6) is 0.255. The Morgan fingerprint density at radius 1 is 1.18 bits per heavy atom. The number of carbonyl (C=O) groups is 1. The van der Waals surface area contributed by atoms with Gasteiger partial charge in [0.15, 0.2) is 5.13 Å². The second kappa shape index (κ2) is 7.97. The zero-order valence-corrected chi connectivity index (χ0v) is 16.7. The Labute approximate surface area is 166 Å². The number of aromatic nitrogens is 1. The van der Waals surface area contributed by atoms with Crippen molar-refractivity contribution in [2.24, 2.45) is 5.14 Å². The summed E-state index contributed by atoms with van der Waals surface area (Å²) in [6.07, 6.45) is 0. The molecule has 0 aliphatic carbocycles. The molecule has 8 nitrogen and oxygen atoms in total. The van der Waals surface area contributed by atoms with Crippen LogP contribution in [0.4, 0.5) is 16.5 Å². The number of nitrogens with one attached hydrogen (secondary N) is 2. The highest BCUT2D eigenvalue weighted by atomic mass is 32.2. The molecule has 0 aliphatic heterocycles. The van der Waals surface area contributed by atoms with Gasteiger partial charge in [0.05, 0.1) is 17.7 Å². The van der Waals surface area contributed by atoms with Crippen molar-refractivity contribution in [1.82, 2.24) is 4.98 Å². The molecular weight excluding hydrogens is 400 g/mol. The van der Waals surface area contributed by atoms with Crippen LogP contribution in [0, 0.1) is 6.92 Å². The van der Waals surface area contributed by atoms with Crippen LogP contribution in [0.3, 0.4) is 0 Å². The van der Waals surface area contributed by atoms with E-state index in [1.165, 1.54) is 35.6 Å². The van der Waals surface area contributed by atoms with E-state index in [4.69, 9.17) is 9.88 Å². The maximum Gasteiger partial charge on any atom is 0.275 e. The van der Waals surface area contributed by atoms with Crippen LogP contribution in [-0.2, 0) is 10.0 Å². The molecule has 28 heavy (non-hydrogen) atoms. The standard InChI is InChI=1S/C18H18N4O4S2/c1-11-3-8-16(26-2)14(9-11)21-18-22-15(10-27-18)17(23)20-12-4-6-13(7-5-12)28(19,24)25/h3-10H,1-2H3,(H,20,23)(H,21,22)(H2,19,24,25). The van der Waals surface area contributed by atoms with Crippen LogP contribution in [0.1, 0.15) is 16.1 Å². The Bertz CT molecular complexity index is 1110. The van der Waals surface area contributed by atoms with E-state index >= 15 is 0 Å². The summed E-state index contributed by atoms with van der Waals surface area (Å²) in [5, 5.41) is 13.0. The van der Waals surface area contributed by atoms with Gasteiger partial charge in [0.2, 0.25) is 10.0 Å². The molecule has 0 atom stereocenters. The minimum atomic E-state index is -3.78. The molecule has 0 saturated heterocycles. The highest BCUT2D eigenvalue weighted by Gasteiger charge is 2.13. The molecule has 0 radical (unpaired) electrons. The van der Waals surface area contributed by atoms with Crippen LogP contribution in [0.25, 0.3) is 0 Å². The van der Waals surface area contributed by atoms with E-state index in [2.05, 4.69) is 15.6 Å². The number of anilines is 3. The summed E-state index contributed by atoms with van der Waals surface area (Å²) in [4.78, 5) is 16.6. The molecule has 3 rings (SSSR count). The quantitative estimate of drug-likeness (QED) is 0.565. The van der Waals surface area contributed by atoms with Crippen molar-refractivity contribution in [1.29, 1.82) is 0 Å². The SMILES string of the molecule is COc1ccc(C)cc1Nc1nc(C(=O)Nc2ccc(S(N)(=O)=O)cc2)cs1. The molecule has 1 heterocycles. The number of benzene rings is 2. The van der Waals surface area contributed by atoms with E-state index < -0.39 is 15.9 Å². The second-order valence-electron chi connectivity index (χ2n) is 5.89. The third-order valence-electron chi connectivity index (χ3n) is 3.77. The zero-order valence-electron chi connectivity index (χ0n) is 15.1. The lowest BCUT2D eigenvalue weighted by molar-refractivity contribution is 0.102. The first-order valence-electron chi connectivity index (χ1n) is 8.07. The third-order valence-corrected chi connectivity index (χ3v) is 5.46. The number of carbonyl (C=O) groups excluding carboxylic acids is 1. The molecule has 1 aromatic heterocycles. The number of rotatable bonds is 6. The molecule has 0 spiro atoms. The molecule has 0 saturated carbocycles. The van der Waals surface area contributed by atoms with Crippen molar-refractivity contribution in [2.45, 2.75) is 11.8 Å². The highest BCUT2D eigenvalue weighted by molar-refractivity contribution is 7.89. The monoisotopic (exact) mass is 418 g/mol. The van der Waals surface area contributed by atoms with Crippen LogP contribution >= 0.6 is 11.3 Å². The van der Waals surface area contributed by atoms with Crippen molar-refractivity contribution in [3.05, 3.63) is 59.1 Å². The summed E-state index contributed by atoms with van der Waals surface area (Å²) < 4.78 is 27.9. The van der Waals surface area contributed by atoms with Crippen molar-refractivity contribution in [2.75, 3.05) is 17.7 Å². The van der Waals surface area contributed by atoms with E-state index in [1.807, 2.05) is 25.1 Å². The van der Waals surface area contributed by atoms with Crippen LogP contribution < -0.4 is 20.5 Å². The molecular formula is C18H18N4O4S2.